The van der Waals surface area contributed by atoms with Gasteiger partial charge in [-0.15, -0.1) is 0 Å². The van der Waals surface area contributed by atoms with Crippen LogP contribution in [-0.4, -0.2) is 50.8 Å². The van der Waals surface area contributed by atoms with Gasteiger partial charge in [0.25, 0.3) is 0 Å². The molecule has 7 heteroatoms. The minimum atomic E-state index is -0.181. The number of hydrogen-bond donors (Lipinski definition) is 0. The van der Waals surface area contributed by atoms with E-state index in [0.29, 0.717) is 13.2 Å². The lowest BCUT2D eigenvalue weighted by atomic mass is 9.98. The van der Waals surface area contributed by atoms with Crippen molar-refractivity contribution in [1.82, 2.24) is 19.7 Å². The monoisotopic (exact) mass is 388 g/mol. The van der Waals surface area contributed by atoms with Gasteiger partial charge in [0.2, 0.25) is 0 Å². The van der Waals surface area contributed by atoms with Crippen LogP contribution in [0.3, 0.4) is 0 Å². The van der Waals surface area contributed by atoms with Crippen LogP contribution in [0.1, 0.15) is 30.7 Å². The summed E-state index contributed by atoms with van der Waals surface area (Å²) in [6.07, 6.45) is 5.55. The standard InChI is InChI=1S/C22H24N6O/c1-22(2)13-28(6-7-29-22)20-9-19(24-14-25-20)21-18-8-15(4-5-16(18)10-23-21)17-11-26-27(3)12-17/h4-5,8-9,11-12,14H,6-7,10,13H2,1-3H3. The number of benzene rings is 1. The number of aromatic nitrogens is 4. The third kappa shape index (κ3) is 3.42. The first-order valence-corrected chi connectivity index (χ1v) is 9.87. The molecule has 2 aromatic heterocycles. The highest BCUT2D eigenvalue weighted by Gasteiger charge is 2.28. The molecule has 7 nitrogen and oxygen atoms in total. The summed E-state index contributed by atoms with van der Waals surface area (Å²) in [6.45, 7) is 7.23. The minimum Gasteiger partial charge on any atom is -0.372 e. The van der Waals surface area contributed by atoms with Gasteiger partial charge in [-0.25, -0.2) is 9.97 Å². The fraction of sp³-hybridized carbons (Fsp3) is 0.364. The van der Waals surface area contributed by atoms with Crippen molar-refractivity contribution in [3.05, 3.63) is 59.8 Å². The van der Waals surface area contributed by atoms with Crippen molar-refractivity contribution in [2.45, 2.75) is 26.0 Å². The highest BCUT2D eigenvalue weighted by Crippen LogP contribution is 2.29. The lowest BCUT2D eigenvalue weighted by molar-refractivity contribution is -0.0279. The number of morpholine rings is 1. The van der Waals surface area contributed by atoms with E-state index >= 15 is 0 Å². The smallest absolute Gasteiger partial charge is 0.132 e. The number of nitrogens with zero attached hydrogens (tertiary/aromatic N) is 6. The van der Waals surface area contributed by atoms with E-state index < -0.39 is 0 Å². The van der Waals surface area contributed by atoms with Gasteiger partial charge in [-0.3, -0.25) is 9.67 Å². The predicted octanol–water partition coefficient (Wildman–Crippen LogP) is 2.84. The molecular weight excluding hydrogens is 364 g/mol. The molecule has 1 fully saturated rings. The molecule has 0 saturated carbocycles. The Kier molecular flexibility index (Phi) is 4.20. The van der Waals surface area contributed by atoms with Crippen LogP contribution in [0.5, 0.6) is 0 Å². The van der Waals surface area contributed by atoms with E-state index in [1.165, 1.54) is 5.56 Å². The number of ether oxygens (including phenoxy) is 1. The Bertz CT molecular complexity index is 1100. The Labute approximate surface area is 170 Å². The van der Waals surface area contributed by atoms with Crippen LogP contribution in [0, 0.1) is 0 Å². The second-order valence-electron chi connectivity index (χ2n) is 8.23. The van der Waals surface area contributed by atoms with Crippen molar-refractivity contribution in [1.29, 1.82) is 0 Å². The van der Waals surface area contributed by atoms with Crippen molar-refractivity contribution in [3.8, 4) is 11.1 Å². The lowest BCUT2D eigenvalue weighted by Crippen LogP contribution is -2.48. The molecule has 1 saturated heterocycles. The summed E-state index contributed by atoms with van der Waals surface area (Å²) in [5.41, 5.74) is 6.21. The van der Waals surface area contributed by atoms with Crippen molar-refractivity contribution < 1.29 is 4.74 Å². The molecule has 5 rings (SSSR count). The van der Waals surface area contributed by atoms with E-state index in [2.05, 4.69) is 52.0 Å². The van der Waals surface area contributed by atoms with Gasteiger partial charge in [-0.2, -0.15) is 5.10 Å². The number of hydrogen-bond acceptors (Lipinski definition) is 6. The topological polar surface area (TPSA) is 68.4 Å². The Hall–Kier alpha value is -3.06. The number of aryl methyl sites for hydroxylation is 1. The fourth-order valence-corrected chi connectivity index (χ4v) is 4.01. The molecule has 0 N–H and O–H groups in total. The Balaban J connectivity index is 1.48. The van der Waals surface area contributed by atoms with Gasteiger partial charge in [0, 0.05) is 43.5 Å². The molecule has 4 heterocycles. The lowest BCUT2D eigenvalue weighted by Gasteiger charge is -2.38. The molecular formula is C22H24N6O. The zero-order valence-corrected chi connectivity index (χ0v) is 17.0. The molecule has 29 heavy (non-hydrogen) atoms. The summed E-state index contributed by atoms with van der Waals surface area (Å²) >= 11 is 0. The zero-order valence-electron chi connectivity index (χ0n) is 17.0. The maximum absolute atomic E-state index is 5.83. The van der Waals surface area contributed by atoms with Gasteiger partial charge in [-0.1, -0.05) is 12.1 Å². The van der Waals surface area contributed by atoms with Crippen LogP contribution >= 0.6 is 0 Å². The number of aliphatic imine (C=N–C) groups is 1. The molecule has 0 unspecified atom stereocenters. The molecule has 3 aromatic rings. The number of fused-ring (bicyclic) bond motifs is 1. The maximum atomic E-state index is 5.83. The van der Waals surface area contributed by atoms with E-state index in [1.807, 2.05) is 30.2 Å². The molecule has 0 radical (unpaired) electrons. The van der Waals surface area contributed by atoms with Gasteiger partial charge >= 0.3 is 0 Å². The minimum absolute atomic E-state index is 0.181. The first-order valence-electron chi connectivity index (χ1n) is 9.87. The zero-order chi connectivity index (χ0) is 20.0. The average Bonchev–Trinajstić information content (AvgIpc) is 3.33. The van der Waals surface area contributed by atoms with Crippen LogP contribution in [0.15, 0.2) is 48.0 Å². The van der Waals surface area contributed by atoms with Crippen LogP contribution in [0.4, 0.5) is 5.82 Å². The molecule has 1 aromatic carbocycles. The van der Waals surface area contributed by atoms with Crippen molar-refractivity contribution in [2.24, 2.45) is 12.0 Å². The maximum Gasteiger partial charge on any atom is 0.132 e. The van der Waals surface area contributed by atoms with Crippen LogP contribution in [0.25, 0.3) is 11.1 Å². The fourth-order valence-electron chi connectivity index (χ4n) is 4.01. The molecule has 0 amide bonds. The molecule has 2 aliphatic rings. The third-order valence-electron chi connectivity index (χ3n) is 5.46. The van der Waals surface area contributed by atoms with Crippen molar-refractivity contribution >= 4 is 11.5 Å². The summed E-state index contributed by atoms with van der Waals surface area (Å²) in [5.74, 6) is 0.922. The van der Waals surface area contributed by atoms with Gasteiger partial charge in [-0.05, 0) is 31.0 Å². The first kappa shape index (κ1) is 18.0. The van der Waals surface area contributed by atoms with Crippen LogP contribution in [-0.2, 0) is 18.3 Å². The van der Waals surface area contributed by atoms with E-state index in [-0.39, 0.29) is 5.60 Å². The summed E-state index contributed by atoms with van der Waals surface area (Å²) in [6, 6.07) is 8.53. The normalized spacial score (nSPS) is 17.9. The van der Waals surface area contributed by atoms with Crippen LogP contribution < -0.4 is 4.90 Å². The number of anilines is 1. The summed E-state index contributed by atoms with van der Waals surface area (Å²) < 4.78 is 7.65. The third-order valence-corrected chi connectivity index (χ3v) is 5.46. The van der Waals surface area contributed by atoms with E-state index in [0.717, 1.165) is 47.0 Å². The van der Waals surface area contributed by atoms with E-state index in [4.69, 9.17) is 9.73 Å². The summed E-state index contributed by atoms with van der Waals surface area (Å²) in [7, 11) is 1.93. The average molecular weight is 388 g/mol. The molecule has 2 aliphatic heterocycles. The summed E-state index contributed by atoms with van der Waals surface area (Å²) in [4.78, 5) is 16.1. The second kappa shape index (κ2) is 6.77. The first-order chi connectivity index (χ1) is 14.0. The SMILES string of the molecule is Cn1cc(-c2ccc3c(c2)C(c2cc(N4CCOC(C)(C)C4)ncn2)=NC3)cn1. The molecule has 0 aliphatic carbocycles. The number of rotatable bonds is 3. The van der Waals surface area contributed by atoms with Gasteiger partial charge in [0.1, 0.15) is 12.1 Å². The molecule has 0 atom stereocenters. The van der Waals surface area contributed by atoms with E-state index in [9.17, 15) is 0 Å². The Morgan fingerprint density at radius 1 is 1.10 bits per heavy atom. The van der Waals surface area contributed by atoms with Gasteiger partial charge in [0.05, 0.1) is 36.4 Å². The molecule has 0 bridgehead atoms. The Morgan fingerprint density at radius 3 is 2.79 bits per heavy atom. The highest BCUT2D eigenvalue weighted by atomic mass is 16.5. The predicted molar refractivity (Wildman–Crippen MR) is 112 cm³/mol. The molecule has 148 valence electrons. The van der Waals surface area contributed by atoms with Crippen molar-refractivity contribution in [2.75, 3.05) is 24.6 Å². The van der Waals surface area contributed by atoms with Crippen molar-refractivity contribution in [3.63, 3.8) is 0 Å². The molecule has 0 spiro atoms. The summed E-state index contributed by atoms with van der Waals surface area (Å²) in [5, 5.41) is 4.29. The quantitative estimate of drug-likeness (QED) is 0.690. The highest BCUT2D eigenvalue weighted by molar-refractivity contribution is 6.14. The van der Waals surface area contributed by atoms with E-state index in [1.54, 1.807) is 6.33 Å². The second-order valence-corrected chi connectivity index (χ2v) is 8.23. The van der Waals surface area contributed by atoms with Gasteiger partial charge < -0.3 is 9.64 Å². The Morgan fingerprint density at radius 2 is 2.00 bits per heavy atom. The largest absolute Gasteiger partial charge is 0.372 e. The van der Waals surface area contributed by atoms with Gasteiger partial charge in [0.15, 0.2) is 0 Å². The van der Waals surface area contributed by atoms with Crippen LogP contribution in [0.2, 0.25) is 0 Å².